The highest BCUT2D eigenvalue weighted by Gasteiger charge is 2.49. The third-order valence-electron chi connectivity index (χ3n) is 5.20. The molecule has 3 aliphatic heterocycles. The molecule has 4 rings (SSSR count). The third-order valence-corrected chi connectivity index (χ3v) is 5.20. The molecule has 0 aromatic carbocycles. The molecule has 1 spiro atoms. The minimum atomic E-state index is -0.269. The molecule has 3 aliphatic rings. The molecule has 6 nitrogen and oxygen atoms in total. The largest absolute Gasteiger partial charge is 0.368 e. The minimum absolute atomic E-state index is 0.100. The predicted octanol–water partition coefficient (Wildman–Crippen LogP) is 1.22. The molecular formula is C17H21N3O3. The van der Waals surface area contributed by atoms with E-state index in [2.05, 4.69) is 4.98 Å². The third kappa shape index (κ3) is 2.61. The van der Waals surface area contributed by atoms with Gasteiger partial charge in [0.1, 0.15) is 11.9 Å². The highest BCUT2D eigenvalue weighted by Crippen LogP contribution is 2.41. The van der Waals surface area contributed by atoms with Crippen LogP contribution in [-0.4, -0.2) is 54.0 Å². The minimum Gasteiger partial charge on any atom is -0.368 e. The molecule has 122 valence electrons. The zero-order valence-electron chi connectivity index (χ0n) is 13.1. The van der Waals surface area contributed by atoms with E-state index in [4.69, 9.17) is 4.74 Å². The van der Waals surface area contributed by atoms with E-state index < -0.39 is 0 Å². The summed E-state index contributed by atoms with van der Waals surface area (Å²) in [5.41, 5.74) is -0.122. The number of hydrogen-bond donors (Lipinski definition) is 0. The van der Waals surface area contributed by atoms with E-state index in [1.165, 1.54) is 0 Å². The molecule has 3 fully saturated rings. The van der Waals surface area contributed by atoms with Crippen molar-refractivity contribution in [1.82, 2.24) is 9.88 Å². The maximum atomic E-state index is 12.5. The fourth-order valence-electron chi connectivity index (χ4n) is 3.99. The first-order chi connectivity index (χ1) is 11.2. The average Bonchev–Trinajstić information content (AvgIpc) is 3.29. The van der Waals surface area contributed by atoms with E-state index in [-0.39, 0.29) is 23.3 Å². The summed E-state index contributed by atoms with van der Waals surface area (Å²) in [6.07, 6.45) is 4.59. The van der Waals surface area contributed by atoms with Gasteiger partial charge in [0.15, 0.2) is 0 Å². The van der Waals surface area contributed by atoms with Gasteiger partial charge in [-0.2, -0.15) is 0 Å². The molecule has 4 heterocycles. The summed E-state index contributed by atoms with van der Waals surface area (Å²) in [7, 11) is 0. The van der Waals surface area contributed by atoms with E-state index in [0.29, 0.717) is 31.9 Å². The maximum Gasteiger partial charge on any atom is 0.251 e. The molecule has 0 radical (unpaired) electrons. The highest BCUT2D eigenvalue weighted by molar-refractivity contribution is 5.95. The van der Waals surface area contributed by atoms with Crippen LogP contribution in [-0.2, 0) is 14.3 Å². The Bertz CT molecular complexity index is 615. The lowest BCUT2D eigenvalue weighted by Crippen LogP contribution is -2.39. The molecule has 1 unspecified atom stereocenters. The van der Waals surface area contributed by atoms with Crippen LogP contribution in [0.3, 0.4) is 0 Å². The van der Waals surface area contributed by atoms with Gasteiger partial charge >= 0.3 is 0 Å². The summed E-state index contributed by atoms with van der Waals surface area (Å²) < 4.78 is 5.51. The second-order valence-electron chi connectivity index (χ2n) is 6.86. The van der Waals surface area contributed by atoms with Crippen LogP contribution in [0.25, 0.3) is 0 Å². The van der Waals surface area contributed by atoms with Crippen LogP contribution in [0.4, 0.5) is 5.82 Å². The Hall–Kier alpha value is -1.95. The topological polar surface area (TPSA) is 62.7 Å². The Labute approximate surface area is 135 Å². The van der Waals surface area contributed by atoms with Gasteiger partial charge in [0.2, 0.25) is 5.91 Å². The number of pyridine rings is 1. The van der Waals surface area contributed by atoms with Crippen molar-refractivity contribution in [2.45, 2.75) is 31.8 Å². The summed E-state index contributed by atoms with van der Waals surface area (Å²) >= 11 is 0. The van der Waals surface area contributed by atoms with Crippen molar-refractivity contribution in [3.05, 3.63) is 24.4 Å². The summed E-state index contributed by atoms with van der Waals surface area (Å²) in [6, 6.07) is 5.60. The number of nitrogens with zero attached hydrogens (tertiary/aromatic N) is 3. The van der Waals surface area contributed by atoms with Crippen LogP contribution >= 0.6 is 0 Å². The number of rotatable bonds is 2. The number of anilines is 1. The first-order valence-corrected chi connectivity index (χ1v) is 8.29. The normalized spacial score (nSPS) is 30.6. The fourth-order valence-corrected chi connectivity index (χ4v) is 3.99. The molecule has 0 bridgehead atoms. The summed E-state index contributed by atoms with van der Waals surface area (Å²) in [4.78, 5) is 32.9. The van der Waals surface area contributed by atoms with E-state index in [1.807, 2.05) is 23.1 Å². The van der Waals surface area contributed by atoms with Crippen LogP contribution in [0.1, 0.15) is 25.7 Å². The van der Waals surface area contributed by atoms with Crippen molar-refractivity contribution in [2.75, 3.05) is 31.1 Å². The predicted molar refractivity (Wildman–Crippen MR) is 83.8 cm³/mol. The molecule has 0 N–H and O–H groups in total. The Balaban J connectivity index is 1.46. The number of amides is 2. The maximum absolute atomic E-state index is 12.5. The summed E-state index contributed by atoms with van der Waals surface area (Å²) in [5.74, 6) is 0.913. The van der Waals surface area contributed by atoms with E-state index >= 15 is 0 Å². The molecule has 0 saturated carbocycles. The quantitative estimate of drug-likeness (QED) is 0.823. The standard InChI is InChI=1S/C17H21N3O3/c21-15-10-17(12-20(15)14-5-1-2-7-18-14)6-8-19(11-17)16(22)13-4-3-9-23-13/h1-2,5,7,13H,3-4,6,8-12H2/t13-,17?/m0/s1. The molecule has 2 amide bonds. The zero-order chi connectivity index (χ0) is 15.9. The van der Waals surface area contributed by atoms with Crippen molar-refractivity contribution in [1.29, 1.82) is 0 Å². The lowest BCUT2D eigenvalue weighted by molar-refractivity contribution is -0.140. The molecule has 23 heavy (non-hydrogen) atoms. The van der Waals surface area contributed by atoms with Crippen molar-refractivity contribution < 1.29 is 14.3 Å². The van der Waals surface area contributed by atoms with Gasteiger partial charge in [0.05, 0.1) is 0 Å². The van der Waals surface area contributed by atoms with Crippen molar-refractivity contribution in [3.8, 4) is 0 Å². The number of likely N-dealkylation sites (tertiary alicyclic amines) is 1. The van der Waals surface area contributed by atoms with Crippen LogP contribution in [0, 0.1) is 5.41 Å². The Morgan fingerprint density at radius 1 is 1.35 bits per heavy atom. The summed E-state index contributed by atoms with van der Waals surface area (Å²) in [6.45, 7) is 2.71. The number of aromatic nitrogens is 1. The van der Waals surface area contributed by atoms with Gasteiger partial charge < -0.3 is 9.64 Å². The van der Waals surface area contributed by atoms with Crippen molar-refractivity contribution in [2.24, 2.45) is 5.41 Å². The molecule has 6 heteroatoms. The first kappa shape index (κ1) is 14.6. The second-order valence-corrected chi connectivity index (χ2v) is 6.86. The molecular weight excluding hydrogens is 294 g/mol. The van der Waals surface area contributed by atoms with Gasteiger partial charge in [-0.25, -0.2) is 4.98 Å². The second kappa shape index (κ2) is 5.60. The van der Waals surface area contributed by atoms with E-state index in [1.54, 1.807) is 11.1 Å². The highest BCUT2D eigenvalue weighted by atomic mass is 16.5. The van der Waals surface area contributed by atoms with Gasteiger partial charge in [0, 0.05) is 44.3 Å². The molecule has 0 aliphatic carbocycles. The average molecular weight is 315 g/mol. The van der Waals surface area contributed by atoms with Gasteiger partial charge in [-0.1, -0.05) is 6.07 Å². The van der Waals surface area contributed by atoms with Gasteiger partial charge in [0.25, 0.3) is 5.91 Å². The van der Waals surface area contributed by atoms with E-state index in [9.17, 15) is 9.59 Å². The van der Waals surface area contributed by atoms with Crippen LogP contribution in [0.2, 0.25) is 0 Å². The molecule has 2 atom stereocenters. The number of hydrogen-bond acceptors (Lipinski definition) is 4. The number of carbonyl (C=O) groups is 2. The Morgan fingerprint density at radius 3 is 3.00 bits per heavy atom. The summed E-state index contributed by atoms with van der Waals surface area (Å²) in [5, 5.41) is 0. The Kier molecular flexibility index (Phi) is 3.56. The lowest BCUT2D eigenvalue weighted by Gasteiger charge is -2.25. The molecule has 3 saturated heterocycles. The fraction of sp³-hybridized carbons (Fsp3) is 0.588. The van der Waals surface area contributed by atoms with Gasteiger partial charge in [-0.05, 0) is 31.4 Å². The SMILES string of the molecule is O=C([C@@H]1CCCO1)N1CCC2(CC(=O)N(c3ccccn3)C2)C1. The molecule has 1 aromatic heterocycles. The number of carbonyl (C=O) groups excluding carboxylic acids is 2. The van der Waals surface area contributed by atoms with E-state index in [0.717, 1.165) is 25.8 Å². The van der Waals surface area contributed by atoms with Gasteiger partial charge in [-0.3, -0.25) is 14.5 Å². The van der Waals surface area contributed by atoms with Crippen LogP contribution in [0.15, 0.2) is 24.4 Å². The monoisotopic (exact) mass is 315 g/mol. The first-order valence-electron chi connectivity index (χ1n) is 8.29. The Morgan fingerprint density at radius 2 is 2.26 bits per heavy atom. The molecule has 1 aromatic rings. The smallest absolute Gasteiger partial charge is 0.251 e. The van der Waals surface area contributed by atoms with Crippen molar-refractivity contribution in [3.63, 3.8) is 0 Å². The number of ether oxygens (including phenoxy) is 1. The van der Waals surface area contributed by atoms with Crippen LogP contribution in [0.5, 0.6) is 0 Å². The van der Waals surface area contributed by atoms with Gasteiger partial charge in [-0.15, -0.1) is 0 Å². The lowest BCUT2D eigenvalue weighted by atomic mass is 9.86. The van der Waals surface area contributed by atoms with Crippen molar-refractivity contribution >= 4 is 17.6 Å². The zero-order valence-corrected chi connectivity index (χ0v) is 13.1. The van der Waals surface area contributed by atoms with Crippen LogP contribution < -0.4 is 4.90 Å².